The van der Waals surface area contributed by atoms with E-state index in [1.807, 2.05) is 22.9 Å². The largest absolute Gasteiger partial charge is 0.474 e. The Kier molecular flexibility index (Phi) is 5.07. The zero-order valence-electron chi connectivity index (χ0n) is 16.9. The van der Waals surface area contributed by atoms with E-state index in [-0.39, 0.29) is 5.56 Å². The van der Waals surface area contributed by atoms with Crippen molar-refractivity contribution in [2.24, 2.45) is 0 Å². The number of fused-ring (bicyclic) bond motifs is 2. The van der Waals surface area contributed by atoms with E-state index in [1.165, 1.54) is 6.07 Å². The summed E-state index contributed by atoms with van der Waals surface area (Å²) in [6.45, 7) is 1.57. The van der Waals surface area contributed by atoms with Gasteiger partial charge >= 0.3 is 0 Å². The first-order chi connectivity index (χ1) is 15.1. The smallest absolute Gasteiger partial charge is 0.232 e. The molecule has 0 aliphatic carbocycles. The zero-order chi connectivity index (χ0) is 21.4. The number of aromatic nitrogens is 4. The van der Waals surface area contributed by atoms with Gasteiger partial charge in [-0.2, -0.15) is 5.10 Å². The van der Waals surface area contributed by atoms with Crippen molar-refractivity contribution in [3.05, 3.63) is 59.9 Å². The maximum absolute atomic E-state index is 14.6. The van der Waals surface area contributed by atoms with Crippen LogP contribution in [0.15, 0.2) is 42.6 Å². The van der Waals surface area contributed by atoms with Gasteiger partial charge in [-0.25, -0.2) is 18.7 Å². The molecule has 3 heterocycles. The fourth-order valence-corrected chi connectivity index (χ4v) is 3.95. The molecule has 0 atom stereocenters. The van der Waals surface area contributed by atoms with Crippen LogP contribution in [0.25, 0.3) is 33.4 Å². The van der Waals surface area contributed by atoms with Gasteiger partial charge in [0.05, 0.1) is 23.8 Å². The van der Waals surface area contributed by atoms with Gasteiger partial charge < -0.3 is 9.47 Å². The summed E-state index contributed by atoms with van der Waals surface area (Å²) in [5.41, 5.74) is 4.60. The molecule has 0 N–H and O–H groups in total. The Bertz CT molecular complexity index is 1270. The number of nitrogens with zero attached hydrogens (tertiary/aromatic N) is 4. The van der Waals surface area contributed by atoms with Crippen LogP contribution in [-0.4, -0.2) is 40.1 Å². The van der Waals surface area contributed by atoms with Crippen LogP contribution in [0.4, 0.5) is 8.78 Å². The number of hydrogen-bond donors (Lipinski definition) is 0. The Labute approximate surface area is 177 Å². The molecule has 6 nitrogen and oxygen atoms in total. The van der Waals surface area contributed by atoms with Gasteiger partial charge in [0.2, 0.25) is 5.88 Å². The molecule has 5 rings (SSSR count). The molecule has 2 aromatic heterocycles. The number of benzene rings is 2. The van der Waals surface area contributed by atoms with E-state index >= 15 is 0 Å². The van der Waals surface area contributed by atoms with E-state index in [2.05, 4.69) is 15.1 Å². The van der Waals surface area contributed by atoms with Crippen LogP contribution in [-0.2, 0) is 17.7 Å². The third kappa shape index (κ3) is 3.63. The van der Waals surface area contributed by atoms with Crippen molar-refractivity contribution in [3.63, 3.8) is 0 Å². The van der Waals surface area contributed by atoms with Crippen LogP contribution in [0.1, 0.15) is 12.1 Å². The quantitative estimate of drug-likeness (QED) is 0.431. The standard InChI is InChI=1S/C23H20F2N4O2/c1-30-9-10-31-21-13-26-18-7-4-14(11-19(18)27-21)22-20-3-2-8-29(20)28-23(22)16-12-15(24)5-6-17(16)25/h4-7,11-13H,2-3,8-10H2,1H3. The van der Waals surface area contributed by atoms with Gasteiger partial charge in [-0.15, -0.1) is 0 Å². The van der Waals surface area contributed by atoms with Gasteiger partial charge in [0, 0.05) is 30.5 Å². The maximum Gasteiger partial charge on any atom is 0.232 e. The third-order valence-electron chi connectivity index (χ3n) is 5.37. The van der Waals surface area contributed by atoms with Crippen LogP contribution in [0.2, 0.25) is 0 Å². The van der Waals surface area contributed by atoms with Gasteiger partial charge in [-0.3, -0.25) is 4.68 Å². The van der Waals surface area contributed by atoms with Crippen molar-refractivity contribution in [2.45, 2.75) is 19.4 Å². The lowest BCUT2D eigenvalue weighted by molar-refractivity contribution is 0.143. The summed E-state index contributed by atoms with van der Waals surface area (Å²) < 4.78 is 41.0. The highest BCUT2D eigenvalue weighted by atomic mass is 19.1. The van der Waals surface area contributed by atoms with Gasteiger partial charge in [0.1, 0.15) is 23.9 Å². The summed E-state index contributed by atoms with van der Waals surface area (Å²) in [4.78, 5) is 8.95. The Morgan fingerprint density at radius 3 is 2.84 bits per heavy atom. The van der Waals surface area contributed by atoms with Crippen molar-refractivity contribution >= 4 is 11.0 Å². The topological polar surface area (TPSA) is 62.1 Å². The fourth-order valence-electron chi connectivity index (χ4n) is 3.95. The number of hydrogen-bond acceptors (Lipinski definition) is 5. The molecule has 0 unspecified atom stereocenters. The summed E-state index contributed by atoms with van der Waals surface area (Å²) in [6, 6.07) is 9.11. The molecule has 1 aliphatic heterocycles. The van der Waals surface area contributed by atoms with E-state index in [0.29, 0.717) is 35.8 Å². The Morgan fingerprint density at radius 1 is 1.06 bits per heavy atom. The molecule has 31 heavy (non-hydrogen) atoms. The van der Waals surface area contributed by atoms with Crippen LogP contribution in [0.5, 0.6) is 5.88 Å². The highest BCUT2D eigenvalue weighted by molar-refractivity contribution is 5.88. The average Bonchev–Trinajstić information content (AvgIpc) is 3.36. The van der Waals surface area contributed by atoms with Gasteiger partial charge in [0.25, 0.3) is 0 Å². The lowest BCUT2D eigenvalue weighted by Crippen LogP contribution is -2.05. The molecular weight excluding hydrogens is 402 g/mol. The monoisotopic (exact) mass is 422 g/mol. The highest BCUT2D eigenvalue weighted by Crippen LogP contribution is 2.39. The molecule has 8 heteroatoms. The van der Waals surface area contributed by atoms with Gasteiger partial charge in [0.15, 0.2) is 0 Å². The molecular formula is C23H20F2N4O2. The minimum atomic E-state index is -0.506. The molecule has 0 saturated carbocycles. The first-order valence-corrected chi connectivity index (χ1v) is 10.1. The second kappa shape index (κ2) is 8.03. The first kappa shape index (κ1) is 19.6. The Balaban J connectivity index is 1.63. The highest BCUT2D eigenvalue weighted by Gasteiger charge is 2.25. The van der Waals surface area contributed by atoms with Crippen molar-refractivity contribution in [3.8, 4) is 28.3 Å². The van der Waals surface area contributed by atoms with Crippen LogP contribution < -0.4 is 4.74 Å². The molecule has 0 fully saturated rings. The minimum absolute atomic E-state index is 0.153. The van der Waals surface area contributed by atoms with Gasteiger partial charge in [-0.1, -0.05) is 6.07 Å². The van der Waals surface area contributed by atoms with E-state index in [0.717, 1.165) is 48.3 Å². The summed E-state index contributed by atoms with van der Waals surface area (Å²) in [6.07, 6.45) is 3.36. The second-order valence-electron chi connectivity index (χ2n) is 7.37. The molecule has 4 aromatic rings. The third-order valence-corrected chi connectivity index (χ3v) is 5.37. The number of halogens is 2. The predicted octanol–water partition coefficient (Wildman–Crippen LogP) is 4.41. The van der Waals surface area contributed by atoms with Crippen molar-refractivity contribution < 1.29 is 18.3 Å². The van der Waals surface area contributed by atoms with E-state index in [9.17, 15) is 8.78 Å². The molecule has 0 bridgehead atoms. The SMILES string of the molecule is COCCOc1cnc2ccc(-c3c(-c4cc(F)ccc4F)nn4c3CCC4)cc2n1. The van der Waals surface area contributed by atoms with E-state index in [1.54, 1.807) is 13.3 Å². The number of aryl methyl sites for hydroxylation is 1. The summed E-state index contributed by atoms with van der Waals surface area (Å²) in [5, 5.41) is 4.62. The van der Waals surface area contributed by atoms with Gasteiger partial charge in [-0.05, 0) is 48.7 Å². The predicted molar refractivity (Wildman–Crippen MR) is 112 cm³/mol. The Hall–Kier alpha value is -3.39. The van der Waals surface area contributed by atoms with Crippen molar-refractivity contribution in [1.82, 2.24) is 19.7 Å². The fraction of sp³-hybridized carbons (Fsp3) is 0.261. The van der Waals surface area contributed by atoms with E-state index < -0.39 is 11.6 Å². The number of methoxy groups -OCH3 is 1. The minimum Gasteiger partial charge on any atom is -0.474 e. The maximum atomic E-state index is 14.6. The molecule has 0 spiro atoms. The summed E-state index contributed by atoms with van der Waals surface area (Å²) >= 11 is 0. The van der Waals surface area contributed by atoms with Crippen molar-refractivity contribution in [1.29, 1.82) is 0 Å². The molecule has 0 amide bonds. The lowest BCUT2D eigenvalue weighted by atomic mass is 9.97. The zero-order valence-corrected chi connectivity index (χ0v) is 16.9. The molecule has 0 saturated heterocycles. The lowest BCUT2D eigenvalue weighted by Gasteiger charge is -2.09. The first-order valence-electron chi connectivity index (χ1n) is 10.1. The summed E-state index contributed by atoms with van der Waals surface area (Å²) in [7, 11) is 1.60. The number of rotatable bonds is 6. The average molecular weight is 422 g/mol. The van der Waals surface area contributed by atoms with Crippen LogP contribution in [0, 0.1) is 11.6 Å². The Morgan fingerprint density at radius 2 is 1.97 bits per heavy atom. The molecule has 1 aliphatic rings. The second-order valence-corrected chi connectivity index (χ2v) is 7.37. The summed E-state index contributed by atoms with van der Waals surface area (Å²) in [5.74, 6) is -0.607. The molecule has 158 valence electrons. The molecule has 2 aromatic carbocycles. The normalized spacial score (nSPS) is 13.0. The molecule has 0 radical (unpaired) electrons. The number of ether oxygens (including phenoxy) is 2. The van der Waals surface area contributed by atoms with Crippen molar-refractivity contribution in [2.75, 3.05) is 20.3 Å². The van der Waals surface area contributed by atoms with E-state index in [4.69, 9.17) is 9.47 Å². The van der Waals surface area contributed by atoms with Crippen LogP contribution in [0.3, 0.4) is 0 Å². The van der Waals surface area contributed by atoms with Crippen LogP contribution >= 0.6 is 0 Å².